The number of primary amides is 1. The van der Waals surface area contributed by atoms with Crippen molar-refractivity contribution in [1.82, 2.24) is 4.31 Å². The van der Waals surface area contributed by atoms with Crippen LogP contribution in [-0.4, -0.2) is 39.1 Å². The molecule has 0 radical (unpaired) electrons. The van der Waals surface area contributed by atoms with Crippen LogP contribution >= 0.6 is 23.7 Å². The first-order chi connectivity index (χ1) is 12.5. The molecule has 1 aliphatic rings. The predicted molar refractivity (Wildman–Crippen MR) is 113 cm³/mol. The van der Waals surface area contributed by atoms with Gasteiger partial charge in [0, 0.05) is 28.7 Å². The Morgan fingerprint density at radius 2 is 1.69 bits per heavy atom. The van der Waals surface area contributed by atoms with Crippen LogP contribution in [0.1, 0.15) is 30.9 Å². The summed E-state index contributed by atoms with van der Waals surface area (Å²) in [6, 6.07) is 20.9. The third-order valence-corrected chi connectivity index (χ3v) is 7.37. The minimum atomic E-state index is -0.251. The number of carbonyl (C=O) groups is 1. The molecule has 1 heterocycles. The van der Waals surface area contributed by atoms with Gasteiger partial charge in [0.25, 0.3) is 0 Å². The molecule has 1 unspecified atom stereocenters. The summed E-state index contributed by atoms with van der Waals surface area (Å²) >= 11 is 3.58. The summed E-state index contributed by atoms with van der Waals surface area (Å²) in [5.41, 5.74) is 8.35. The number of hydrogen-bond donors (Lipinski definition) is 1. The molecule has 1 saturated heterocycles. The van der Waals surface area contributed by atoms with Crippen LogP contribution in [-0.2, 0) is 4.79 Å². The van der Waals surface area contributed by atoms with Crippen molar-refractivity contribution in [3.05, 3.63) is 71.8 Å². The second-order valence-electron chi connectivity index (χ2n) is 7.07. The third-order valence-electron chi connectivity index (χ3n) is 4.81. The number of hydrogen-bond acceptors (Lipinski definition) is 4. The van der Waals surface area contributed by atoms with Crippen LogP contribution < -0.4 is 5.73 Å². The number of carbonyl (C=O) groups excluding carboxylic acids is 1. The number of nitrogens with zero attached hydrogens (tertiary/aromatic N) is 1. The molecular weight excluding hydrogens is 360 g/mol. The minimum absolute atomic E-state index is 0.161. The smallest absolute Gasteiger partial charge is 0.237 e. The lowest BCUT2D eigenvalue weighted by Gasteiger charge is -2.43. The van der Waals surface area contributed by atoms with Crippen molar-refractivity contribution in [2.24, 2.45) is 5.73 Å². The maximum Gasteiger partial charge on any atom is 0.237 e. The van der Waals surface area contributed by atoms with E-state index in [2.05, 4.69) is 66.7 Å². The Morgan fingerprint density at radius 3 is 2.19 bits per heavy atom. The second kappa shape index (κ2) is 8.51. The highest BCUT2D eigenvalue weighted by molar-refractivity contribution is 8.01. The van der Waals surface area contributed by atoms with E-state index < -0.39 is 0 Å². The van der Waals surface area contributed by atoms with E-state index in [4.69, 9.17) is 5.73 Å². The summed E-state index contributed by atoms with van der Waals surface area (Å²) in [6.07, 6.45) is 0. The van der Waals surface area contributed by atoms with E-state index in [1.807, 2.05) is 23.9 Å². The van der Waals surface area contributed by atoms with Gasteiger partial charge in [0.1, 0.15) is 6.04 Å². The number of nitrogens with two attached hydrogens (primary N) is 1. The molecule has 3 nitrogen and oxygen atoms in total. The molecule has 1 atom stereocenters. The molecule has 2 N–H and O–H groups in total. The van der Waals surface area contributed by atoms with E-state index in [-0.39, 0.29) is 22.6 Å². The molecule has 0 aliphatic carbocycles. The molecule has 2 aromatic rings. The fourth-order valence-electron chi connectivity index (χ4n) is 3.50. The molecule has 0 saturated carbocycles. The van der Waals surface area contributed by atoms with Gasteiger partial charge >= 0.3 is 0 Å². The first-order valence-electron chi connectivity index (χ1n) is 8.92. The monoisotopic (exact) mass is 386 g/mol. The number of rotatable bonds is 6. The molecule has 5 heteroatoms. The number of amides is 1. The molecule has 0 bridgehead atoms. The number of thioether (sulfide) groups is 1. The zero-order chi connectivity index (χ0) is 18.6. The average molecular weight is 387 g/mol. The van der Waals surface area contributed by atoms with Gasteiger partial charge < -0.3 is 5.73 Å². The van der Waals surface area contributed by atoms with E-state index in [1.165, 1.54) is 11.1 Å². The van der Waals surface area contributed by atoms with Gasteiger partial charge in [0.05, 0.1) is 0 Å². The predicted octanol–water partition coefficient (Wildman–Crippen LogP) is 4.15. The lowest BCUT2D eigenvalue weighted by atomic mass is 9.93. The van der Waals surface area contributed by atoms with Crippen molar-refractivity contribution in [2.75, 3.05) is 18.1 Å². The van der Waals surface area contributed by atoms with Gasteiger partial charge in [-0.3, -0.25) is 4.79 Å². The maximum atomic E-state index is 12.1. The van der Waals surface area contributed by atoms with Crippen molar-refractivity contribution < 1.29 is 4.79 Å². The second-order valence-corrected chi connectivity index (χ2v) is 9.88. The van der Waals surface area contributed by atoms with Crippen molar-refractivity contribution in [2.45, 2.75) is 30.6 Å². The zero-order valence-corrected chi connectivity index (χ0v) is 16.9. The van der Waals surface area contributed by atoms with Crippen LogP contribution in [0.5, 0.6) is 0 Å². The lowest BCUT2D eigenvalue weighted by Crippen LogP contribution is -2.56. The van der Waals surface area contributed by atoms with Gasteiger partial charge in [-0.25, -0.2) is 4.31 Å². The zero-order valence-electron chi connectivity index (χ0n) is 15.3. The van der Waals surface area contributed by atoms with Gasteiger partial charge in [-0.1, -0.05) is 72.6 Å². The van der Waals surface area contributed by atoms with E-state index >= 15 is 0 Å². The highest BCUT2D eigenvalue weighted by Crippen LogP contribution is 2.40. The van der Waals surface area contributed by atoms with Crippen LogP contribution in [0.4, 0.5) is 0 Å². The molecule has 0 aromatic heterocycles. The van der Waals surface area contributed by atoms with Crippen molar-refractivity contribution in [3.63, 3.8) is 0 Å². The summed E-state index contributed by atoms with van der Waals surface area (Å²) < 4.78 is 2.05. The molecule has 1 fully saturated rings. The van der Waals surface area contributed by atoms with Crippen molar-refractivity contribution in [3.8, 4) is 0 Å². The van der Waals surface area contributed by atoms with Crippen molar-refractivity contribution in [1.29, 1.82) is 0 Å². The maximum absolute atomic E-state index is 12.1. The minimum Gasteiger partial charge on any atom is -0.368 e. The molecule has 2 aromatic carbocycles. The largest absolute Gasteiger partial charge is 0.368 e. The fraction of sp³-hybridized carbons (Fsp3) is 0.381. The van der Waals surface area contributed by atoms with E-state index in [0.29, 0.717) is 0 Å². The van der Waals surface area contributed by atoms with Gasteiger partial charge in [0.15, 0.2) is 0 Å². The van der Waals surface area contributed by atoms with Gasteiger partial charge in [-0.15, -0.1) is 0 Å². The van der Waals surface area contributed by atoms with Gasteiger partial charge in [-0.05, 0) is 25.0 Å². The Labute approximate surface area is 164 Å². The summed E-state index contributed by atoms with van der Waals surface area (Å²) in [4.78, 5) is 12.1. The molecule has 26 heavy (non-hydrogen) atoms. The highest BCUT2D eigenvalue weighted by atomic mass is 32.2. The summed E-state index contributed by atoms with van der Waals surface area (Å²) in [5.74, 6) is 1.96. The average Bonchev–Trinajstić information content (AvgIpc) is 2.62. The summed E-state index contributed by atoms with van der Waals surface area (Å²) in [6.45, 7) is 5.11. The van der Waals surface area contributed by atoms with Gasteiger partial charge in [-0.2, -0.15) is 11.8 Å². The Morgan fingerprint density at radius 1 is 1.15 bits per heavy atom. The molecule has 1 aliphatic heterocycles. The van der Waals surface area contributed by atoms with E-state index in [9.17, 15) is 4.79 Å². The summed E-state index contributed by atoms with van der Waals surface area (Å²) in [7, 11) is 0. The molecule has 3 rings (SSSR count). The molecule has 138 valence electrons. The van der Waals surface area contributed by atoms with Crippen LogP contribution in [0.2, 0.25) is 0 Å². The Kier molecular flexibility index (Phi) is 6.33. The SMILES string of the molecule is CC1(C)SCCN(SCC(c2ccccc2)c2ccccc2)C1C(N)=O. The van der Waals surface area contributed by atoms with E-state index in [1.54, 1.807) is 11.9 Å². The lowest BCUT2D eigenvalue weighted by molar-refractivity contribution is -0.122. The van der Waals surface area contributed by atoms with Crippen LogP contribution in [0, 0.1) is 0 Å². The first-order valence-corrected chi connectivity index (χ1v) is 10.8. The van der Waals surface area contributed by atoms with E-state index in [0.717, 1.165) is 18.1 Å². The normalized spacial score (nSPS) is 20.2. The topological polar surface area (TPSA) is 46.3 Å². The Balaban J connectivity index is 1.80. The molecular formula is C21H26N2OS2. The third kappa shape index (κ3) is 4.45. The Bertz CT molecular complexity index is 682. The number of benzene rings is 2. The molecule has 0 spiro atoms. The van der Waals surface area contributed by atoms with Crippen molar-refractivity contribution >= 4 is 29.6 Å². The van der Waals surface area contributed by atoms with Crippen LogP contribution in [0.25, 0.3) is 0 Å². The van der Waals surface area contributed by atoms with Gasteiger partial charge in [0.2, 0.25) is 5.91 Å². The standard InChI is InChI=1S/C21H26N2OS2/c1-21(2)19(20(22)24)23(13-14-25-21)26-15-18(16-9-5-3-6-10-16)17-11-7-4-8-12-17/h3-12,18-19H,13-15H2,1-2H3,(H2,22,24). The quantitative estimate of drug-likeness (QED) is 0.758. The Hall–Kier alpha value is -1.43. The first kappa shape index (κ1) is 19.3. The molecule has 1 amide bonds. The summed E-state index contributed by atoms with van der Waals surface area (Å²) in [5, 5.41) is 0. The van der Waals surface area contributed by atoms with Crippen LogP contribution in [0.15, 0.2) is 60.7 Å². The van der Waals surface area contributed by atoms with Crippen LogP contribution in [0.3, 0.4) is 0 Å². The highest BCUT2D eigenvalue weighted by Gasteiger charge is 2.42. The fourth-order valence-corrected chi connectivity index (χ4v) is 6.36.